The lowest BCUT2D eigenvalue weighted by Gasteiger charge is -2.18. The van der Waals surface area contributed by atoms with E-state index >= 15 is 0 Å². The smallest absolute Gasteiger partial charge is 0.491 e. The predicted octanol–water partition coefficient (Wildman–Crippen LogP) is 0.652. The lowest BCUT2D eigenvalue weighted by atomic mass is 10.3. The number of nitrogens with one attached hydrogen (secondary N) is 5. The molecule has 236 valence electrons. The molecule has 0 aliphatic heterocycles. The molecular weight excluding hydrogens is 615 g/mol. The van der Waals surface area contributed by atoms with Crippen LogP contribution < -0.4 is 36.7 Å². The monoisotopic (exact) mass is 641 g/mol. The number of urea groups is 1. The standard InChI is InChI=1S/C25H26F3N7O8S/c26-25(27,28)22(38)43-21(37)19(34-44(40,41)17-5-2-1-3-6-17)13-32-24(39)33-18-10-8-15-7-9-16(14-35(15)20(18)36)42-12-4-11-31-23(29)30/h1-3,5-10,14,19,34H,4,11-13H2,(H4,29,30,31)(H2,32,33,39). The van der Waals surface area contributed by atoms with Gasteiger partial charge in [-0.3, -0.25) is 14.6 Å². The van der Waals surface area contributed by atoms with E-state index in [4.69, 9.17) is 15.9 Å². The van der Waals surface area contributed by atoms with E-state index in [2.05, 4.69) is 20.7 Å². The molecule has 0 aliphatic rings. The molecule has 3 aromatic rings. The van der Waals surface area contributed by atoms with Crippen molar-refractivity contribution >= 4 is 45.2 Å². The summed E-state index contributed by atoms with van der Waals surface area (Å²) < 4.78 is 75.5. The van der Waals surface area contributed by atoms with Gasteiger partial charge in [-0.05, 0) is 42.8 Å². The van der Waals surface area contributed by atoms with Crippen LogP contribution in [-0.4, -0.2) is 68.7 Å². The third-order valence-electron chi connectivity index (χ3n) is 5.50. The fourth-order valence-electron chi connectivity index (χ4n) is 3.45. The van der Waals surface area contributed by atoms with Crippen molar-refractivity contribution in [2.75, 3.05) is 25.0 Å². The molecule has 19 heteroatoms. The number of nitrogens with two attached hydrogens (primary N) is 1. The zero-order valence-corrected chi connectivity index (χ0v) is 23.3. The van der Waals surface area contributed by atoms with E-state index in [1.807, 2.05) is 0 Å². The number of anilines is 1. The number of halogens is 3. The summed E-state index contributed by atoms with van der Waals surface area (Å²) in [6.07, 6.45) is -3.70. The molecule has 15 nitrogen and oxygen atoms in total. The number of ether oxygens (including phenoxy) is 2. The van der Waals surface area contributed by atoms with Gasteiger partial charge in [0.05, 0.1) is 17.7 Å². The zero-order valence-electron chi connectivity index (χ0n) is 22.5. The summed E-state index contributed by atoms with van der Waals surface area (Å²) in [7, 11) is -4.53. The van der Waals surface area contributed by atoms with E-state index in [1.54, 1.807) is 16.9 Å². The number of pyridine rings is 2. The molecule has 0 saturated carbocycles. The highest BCUT2D eigenvalue weighted by molar-refractivity contribution is 7.89. The Morgan fingerprint density at radius 3 is 2.36 bits per heavy atom. The van der Waals surface area contributed by atoms with Crippen LogP contribution in [0.1, 0.15) is 6.42 Å². The SMILES string of the molecule is N=C(N)NCCCOc1ccc2ccc(NC(=O)NCC(NS(=O)(=O)c3ccccc3)C(=O)OC(=O)C(F)(F)F)c(=O)n2c1. The van der Waals surface area contributed by atoms with E-state index in [0.717, 1.165) is 16.5 Å². The number of hydrogen-bond acceptors (Lipinski definition) is 9. The topological polar surface area (TPSA) is 223 Å². The van der Waals surface area contributed by atoms with Crippen LogP contribution in [0.25, 0.3) is 5.52 Å². The molecule has 2 amide bonds. The highest BCUT2D eigenvalue weighted by Crippen LogP contribution is 2.17. The Hall–Kier alpha value is -5.17. The molecular formula is C25H26F3N7O8S. The molecule has 1 atom stereocenters. The molecule has 1 aromatic carbocycles. The molecule has 0 saturated heterocycles. The van der Waals surface area contributed by atoms with E-state index in [0.29, 0.717) is 24.2 Å². The van der Waals surface area contributed by atoms with E-state index in [1.165, 1.54) is 36.5 Å². The Balaban J connectivity index is 1.72. The molecule has 7 N–H and O–H groups in total. The van der Waals surface area contributed by atoms with E-state index < -0.39 is 52.3 Å². The number of carbonyl (C=O) groups excluding carboxylic acids is 3. The Labute approximate surface area is 247 Å². The van der Waals surface area contributed by atoms with E-state index in [9.17, 15) is 40.8 Å². The summed E-state index contributed by atoms with van der Waals surface area (Å²) in [5, 5.41) is 14.0. The number of aromatic nitrogens is 1. The molecule has 0 aliphatic carbocycles. The van der Waals surface area contributed by atoms with E-state index in [-0.39, 0.29) is 23.1 Å². The van der Waals surface area contributed by atoms with Crippen LogP contribution in [0.2, 0.25) is 0 Å². The number of fused-ring (bicyclic) bond motifs is 1. The third-order valence-corrected chi connectivity index (χ3v) is 6.99. The molecule has 0 bridgehead atoms. The fraction of sp³-hybridized carbons (Fsp3) is 0.240. The van der Waals surface area contributed by atoms with Crippen LogP contribution in [0.4, 0.5) is 23.7 Å². The van der Waals surface area contributed by atoms with Gasteiger partial charge in [0.25, 0.3) is 5.56 Å². The van der Waals surface area contributed by atoms with Gasteiger partial charge in [0.2, 0.25) is 10.0 Å². The maximum absolute atomic E-state index is 13.0. The predicted molar refractivity (Wildman–Crippen MR) is 148 cm³/mol. The summed E-state index contributed by atoms with van der Waals surface area (Å²) in [5.74, 6) is -4.71. The largest absolute Gasteiger partial charge is 0.492 e. The minimum Gasteiger partial charge on any atom is -0.492 e. The molecule has 2 heterocycles. The van der Waals surface area contributed by atoms with Crippen molar-refractivity contribution in [3.8, 4) is 5.75 Å². The van der Waals surface area contributed by atoms with Gasteiger partial charge in [0, 0.05) is 18.6 Å². The zero-order chi connectivity index (χ0) is 32.5. The average molecular weight is 642 g/mol. The molecule has 0 radical (unpaired) electrons. The minimum atomic E-state index is -5.56. The average Bonchev–Trinajstić information content (AvgIpc) is 2.96. The summed E-state index contributed by atoms with van der Waals surface area (Å²) in [5.41, 5.74) is 4.65. The quantitative estimate of drug-likeness (QED) is 0.0533. The summed E-state index contributed by atoms with van der Waals surface area (Å²) in [6.45, 7) is -0.364. The molecule has 0 fully saturated rings. The van der Waals surface area contributed by atoms with Crippen molar-refractivity contribution in [1.82, 2.24) is 19.8 Å². The second-order valence-electron chi connectivity index (χ2n) is 8.78. The van der Waals surface area contributed by atoms with Crippen LogP contribution in [-0.2, 0) is 24.3 Å². The number of alkyl halides is 3. The molecule has 0 spiro atoms. The van der Waals surface area contributed by atoms with Gasteiger partial charge in [0.1, 0.15) is 17.5 Å². The molecule has 2 aromatic heterocycles. The highest BCUT2D eigenvalue weighted by Gasteiger charge is 2.44. The van der Waals surface area contributed by atoms with Gasteiger partial charge in [-0.25, -0.2) is 22.8 Å². The second kappa shape index (κ2) is 14.3. The number of amides is 2. The normalized spacial score (nSPS) is 12.2. The Bertz CT molecular complexity index is 1700. The van der Waals surface area contributed by atoms with Gasteiger partial charge < -0.3 is 31.2 Å². The number of guanidine groups is 1. The van der Waals surface area contributed by atoms with Crippen LogP contribution in [0.15, 0.2) is 70.5 Å². The Morgan fingerprint density at radius 2 is 1.70 bits per heavy atom. The van der Waals surface area contributed by atoms with Gasteiger partial charge in [0.15, 0.2) is 5.96 Å². The first-order valence-electron chi connectivity index (χ1n) is 12.5. The maximum atomic E-state index is 13.0. The van der Waals surface area contributed by atoms with Crippen molar-refractivity contribution in [3.05, 3.63) is 71.1 Å². The third kappa shape index (κ3) is 9.42. The number of nitrogens with zero attached hydrogens (tertiary/aromatic N) is 1. The van der Waals surface area contributed by atoms with Gasteiger partial charge in [-0.1, -0.05) is 18.2 Å². The summed E-state index contributed by atoms with van der Waals surface area (Å²) in [6, 6.07) is 9.01. The second-order valence-corrected chi connectivity index (χ2v) is 10.5. The number of benzene rings is 1. The van der Waals surface area contributed by atoms with Crippen molar-refractivity contribution in [3.63, 3.8) is 0 Å². The van der Waals surface area contributed by atoms with Gasteiger partial charge >= 0.3 is 24.1 Å². The maximum Gasteiger partial charge on any atom is 0.491 e. The molecule has 1 unspecified atom stereocenters. The van der Waals surface area contributed by atoms with Crippen molar-refractivity contribution < 1.29 is 45.4 Å². The number of sulfonamides is 1. The van der Waals surface area contributed by atoms with Crippen LogP contribution in [0.5, 0.6) is 5.75 Å². The first-order valence-corrected chi connectivity index (χ1v) is 14.0. The number of hydrogen-bond donors (Lipinski definition) is 6. The first kappa shape index (κ1) is 33.3. The molecule has 44 heavy (non-hydrogen) atoms. The van der Waals surface area contributed by atoms with Gasteiger partial charge in [-0.2, -0.15) is 17.9 Å². The van der Waals surface area contributed by atoms with Crippen LogP contribution >= 0.6 is 0 Å². The number of esters is 2. The lowest BCUT2D eigenvalue weighted by Crippen LogP contribution is -2.51. The summed E-state index contributed by atoms with van der Waals surface area (Å²) >= 11 is 0. The van der Waals surface area contributed by atoms with Crippen molar-refractivity contribution in [1.29, 1.82) is 5.41 Å². The number of carbonyl (C=O) groups is 3. The van der Waals surface area contributed by atoms with Crippen LogP contribution in [0, 0.1) is 5.41 Å². The fourth-order valence-corrected chi connectivity index (χ4v) is 4.66. The number of rotatable bonds is 12. The van der Waals surface area contributed by atoms with Crippen LogP contribution in [0.3, 0.4) is 0 Å². The Morgan fingerprint density at radius 1 is 1.02 bits per heavy atom. The van der Waals surface area contributed by atoms with Crippen molar-refractivity contribution in [2.45, 2.75) is 23.5 Å². The first-order chi connectivity index (χ1) is 20.7. The van der Waals surface area contributed by atoms with Crippen molar-refractivity contribution in [2.24, 2.45) is 5.73 Å². The lowest BCUT2D eigenvalue weighted by molar-refractivity contribution is -0.202. The molecule has 3 rings (SSSR count). The van der Waals surface area contributed by atoms with Gasteiger partial charge in [-0.15, -0.1) is 0 Å². The highest BCUT2D eigenvalue weighted by atomic mass is 32.2. The Kier molecular flexibility index (Phi) is 10.9. The minimum absolute atomic E-state index is 0.188. The summed E-state index contributed by atoms with van der Waals surface area (Å²) in [4.78, 5) is 48.7.